The van der Waals surface area contributed by atoms with Gasteiger partial charge in [0.25, 0.3) is 0 Å². The first kappa shape index (κ1) is 25.9. The number of anilines is 1. The number of unbranched alkanes of at least 4 members (excludes halogenated alkanes) is 3. The molecular formula is C17H30Cl2N4O3S. The van der Waals surface area contributed by atoms with Crippen LogP contribution in [0.4, 0.5) is 5.69 Å². The molecule has 1 aromatic carbocycles. The first-order chi connectivity index (χ1) is 11.9. The second kappa shape index (κ2) is 12.4. The van der Waals surface area contributed by atoms with Crippen molar-refractivity contribution in [3.8, 4) is 0 Å². The van der Waals surface area contributed by atoms with Gasteiger partial charge in [-0.05, 0) is 43.7 Å². The average Bonchev–Trinajstić information content (AvgIpc) is 2.61. The van der Waals surface area contributed by atoms with Gasteiger partial charge in [0.05, 0.1) is 4.90 Å². The average molecular weight is 441 g/mol. The Kier molecular flexibility index (Phi) is 11.9. The molecular weight excluding hydrogens is 411 g/mol. The maximum Gasteiger partial charge on any atom is 0.238 e. The monoisotopic (exact) mass is 440 g/mol. The third-order valence-electron chi connectivity index (χ3n) is 4.51. The van der Waals surface area contributed by atoms with Crippen molar-refractivity contribution in [2.24, 2.45) is 10.9 Å². The van der Waals surface area contributed by atoms with Gasteiger partial charge in [0.15, 0.2) is 0 Å². The highest BCUT2D eigenvalue weighted by molar-refractivity contribution is 7.89. The normalized spacial score (nSPS) is 14.3. The first-order valence-electron chi connectivity index (χ1n) is 8.77. The second-order valence-electron chi connectivity index (χ2n) is 6.36. The predicted molar refractivity (Wildman–Crippen MR) is 113 cm³/mol. The third-order valence-corrected chi connectivity index (χ3v) is 5.44. The topological polar surface area (TPSA) is 110 Å². The van der Waals surface area contributed by atoms with Gasteiger partial charge in [-0.2, -0.15) is 0 Å². The molecule has 0 radical (unpaired) electrons. The molecule has 7 nitrogen and oxygen atoms in total. The maximum atomic E-state index is 12.2. The predicted octanol–water partition coefficient (Wildman–Crippen LogP) is 1.74. The van der Waals surface area contributed by atoms with Gasteiger partial charge in [0.1, 0.15) is 0 Å². The zero-order valence-corrected chi connectivity index (χ0v) is 17.8. The fraction of sp³-hybridized carbons (Fsp3) is 0.588. The van der Waals surface area contributed by atoms with Gasteiger partial charge in [0.2, 0.25) is 15.9 Å². The van der Waals surface area contributed by atoms with Crippen LogP contribution in [0.1, 0.15) is 32.1 Å². The van der Waals surface area contributed by atoms with E-state index < -0.39 is 10.0 Å². The van der Waals surface area contributed by atoms with Crippen molar-refractivity contribution in [1.29, 1.82) is 0 Å². The lowest BCUT2D eigenvalue weighted by atomic mass is 10.1. The quantitative estimate of drug-likeness (QED) is 0.598. The Bertz CT molecular complexity index is 663. The van der Waals surface area contributed by atoms with Crippen LogP contribution in [0.3, 0.4) is 0 Å². The Morgan fingerprint density at radius 3 is 2.00 bits per heavy atom. The molecule has 1 heterocycles. The van der Waals surface area contributed by atoms with Crippen molar-refractivity contribution < 1.29 is 13.2 Å². The van der Waals surface area contributed by atoms with Gasteiger partial charge < -0.3 is 15.5 Å². The summed E-state index contributed by atoms with van der Waals surface area (Å²) in [4.78, 5) is 16.4. The molecule has 1 amide bonds. The van der Waals surface area contributed by atoms with Crippen molar-refractivity contribution in [3.63, 3.8) is 0 Å². The number of piperazine rings is 1. The fourth-order valence-corrected chi connectivity index (χ4v) is 3.51. The zero-order chi connectivity index (χ0) is 18.3. The Labute approximate surface area is 174 Å². The van der Waals surface area contributed by atoms with Gasteiger partial charge in [-0.3, -0.25) is 4.79 Å². The minimum absolute atomic E-state index is 0. The fourth-order valence-electron chi connectivity index (χ4n) is 2.99. The van der Waals surface area contributed by atoms with Crippen molar-refractivity contribution in [1.82, 2.24) is 4.90 Å². The summed E-state index contributed by atoms with van der Waals surface area (Å²) >= 11 is 0. The third kappa shape index (κ3) is 8.23. The van der Waals surface area contributed by atoms with Crippen LogP contribution in [0.15, 0.2) is 29.2 Å². The van der Waals surface area contributed by atoms with E-state index in [1.165, 1.54) is 12.1 Å². The lowest BCUT2D eigenvalue weighted by molar-refractivity contribution is -0.131. The van der Waals surface area contributed by atoms with Crippen LogP contribution in [0.25, 0.3) is 0 Å². The molecule has 1 saturated heterocycles. The molecule has 156 valence electrons. The van der Waals surface area contributed by atoms with E-state index in [1.807, 2.05) is 4.90 Å². The van der Waals surface area contributed by atoms with Gasteiger partial charge in [-0.15, -0.1) is 24.8 Å². The summed E-state index contributed by atoms with van der Waals surface area (Å²) in [5.41, 5.74) is 6.41. The van der Waals surface area contributed by atoms with E-state index in [9.17, 15) is 13.2 Å². The Morgan fingerprint density at radius 1 is 0.926 bits per heavy atom. The van der Waals surface area contributed by atoms with Crippen LogP contribution in [0.2, 0.25) is 0 Å². The van der Waals surface area contributed by atoms with Crippen LogP contribution in [-0.2, 0) is 14.8 Å². The number of halogens is 2. The number of amides is 1. The lowest BCUT2D eigenvalue weighted by Crippen LogP contribution is -2.48. The number of carbonyl (C=O) groups excluding carboxylic acids is 1. The molecule has 10 heteroatoms. The second-order valence-corrected chi connectivity index (χ2v) is 7.92. The molecule has 0 aromatic heterocycles. The largest absolute Gasteiger partial charge is 0.368 e. The van der Waals surface area contributed by atoms with Crippen molar-refractivity contribution >= 4 is 46.4 Å². The number of nitrogens with two attached hydrogens (primary N) is 2. The van der Waals surface area contributed by atoms with E-state index in [2.05, 4.69) is 4.90 Å². The summed E-state index contributed by atoms with van der Waals surface area (Å²) in [5.74, 6) is 0.219. The SMILES string of the molecule is Cl.Cl.NCCCCCCC(=O)N1CCN(c2ccc(S(N)(=O)=O)cc2)CC1. The number of benzene rings is 1. The molecule has 1 aliphatic heterocycles. The summed E-state index contributed by atoms with van der Waals surface area (Å²) in [6.07, 6.45) is 4.70. The number of rotatable bonds is 8. The molecule has 0 spiro atoms. The van der Waals surface area contributed by atoms with E-state index in [4.69, 9.17) is 10.9 Å². The number of nitrogens with zero attached hydrogens (tertiary/aromatic N) is 2. The molecule has 1 fully saturated rings. The summed E-state index contributed by atoms with van der Waals surface area (Å²) in [6, 6.07) is 6.55. The molecule has 27 heavy (non-hydrogen) atoms. The highest BCUT2D eigenvalue weighted by atomic mass is 35.5. The van der Waals surface area contributed by atoms with E-state index in [0.29, 0.717) is 26.1 Å². The van der Waals surface area contributed by atoms with Crippen LogP contribution >= 0.6 is 24.8 Å². The lowest BCUT2D eigenvalue weighted by Gasteiger charge is -2.36. The minimum Gasteiger partial charge on any atom is -0.368 e. The number of hydrogen-bond donors (Lipinski definition) is 2. The first-order valence-corrected chi connectivity index (χ1v) is 10.3. The number of primary sulfonamides is 1. The van der Waals surface area contributed by atoms with Crippen LogP contribution in [0.5, 0.6) is 0 Å². The van der Waals surface area contributed by atoms with Gasteiger partial charge in [0, 0.05) is 38.3 Å². The molecule has 0 aliphatic carbocycles. The summed E-state index contributed by atoms with van der Waals surface area (Å²) < 4.78 is 22.6. The zero-order valence-electron chi connectivity index (χ0n) is 15.4. The molecule has 1 aliphatic rings. The molecule has 1 aromatic rings. The molecule has 0 unspecified atom stereocenters. The van der Waals surface area contributed by atoms with Gasteiger partial charge >= 0.3 is 0 Å². The summed E-state index contributed by atoms with van der Waals surface area (Å²) in [5, 5.41) is 5.11. The molecule has 0 saturated carbocycles. The number of sulfonamides is 1. The molecule has 0 atom stereocenters. The molecule has 2 rings (SSSR count). The van der Waals surface area contributed by atoms with E-state index >= 15 is 0 Å². The molecule has 4 N–H and O–H groups in total. The number of carbonyl (C=O) groups is 1. The van der Waals surface area contributed by atoms with Crippen molar-refractivity contribution in [2.75, 3.05) is 37.6 Å². The molecule has 0 bridgehead atoms. The van der Waals surface area contributed by atoms with Crippen molar-refractivity contribution in [3.05, 3.63) is 24.3 Å². The highest BCUT2D eigenvalue weighted by Gasteiger charge is 2.21. The minimum atomic E-state index is -3.66. The van der Waals surface area contributed by atoms with E-state index in [1.54, 1.807) is 12.1 Å². The van der Waals surface area contributed by atoms with E-state index in [-0.39, 0.29) is 35.6 Å². The van der Waals surface area contributed by atoms with Crippen LogP contribution < -0.4 is 15.8 Å². The van der Waals surface area contributed by atoms with Crippen molar-refractivity contribution in [2.45, 2.75) is 37.0 Å². The maximum absolute atomic E-state index is 12.2. The van der Waals surface area contributed by atoms with Gasteiger partial charge in [-0.1, -0.05) is 12.8 Å². The van der Waals surface area contributed by atoms with Gasteiger partial charge in [-0.25, -0.2) is 13.6 Å². The highest BCUT2D eigenvalue weighted by Crippen LogP contribution is 2.19. The smallest absolute Gasteiger partial charge is 0.238 e. The number of hydrogen-bond acceptors (Lipinski definition) is 5. The Hall–Kier alpha value is -1.06. The van der Waals surface area contributed by atoms with Crippen LogP contribution in [0, 0.1) is 0 Å². The standard InChI is InChI=1S/C17H28N4O3S.2ClH/c18-10-4-2-1-3-5-17(22)21-13-11-20(12-14-21)15-6-8-16(9-7-15)25(19,23)24;;/h6-9H,1-5,10-14,18H2,(H2,19,23,24);2*1H. The Balaban J connectivity index is 0.00000338. The Morgan fingerprint density at radius 2 is 1.48 bits per heavy atom. The van der Waals surface area contributed by atoms with Crippen LogP contribution in [-0.4, -0.2) is 51.9 Å². The summed E-state index contributed by atoms with van der Waals surface area (Å²) in [6.45, 7) is 3.59. The summed E-state index contributed by atoms with van der Waals surface area (Å²) in [7, 11) is -3.66. The van der Waals surface area contributed by atoms with E-state index in [0.717, 1.165) is 44.5 Å².